The highest BCUT2D eigenvalue weighted by Crippen LogP contribution is 2.42. The lowest BCUT2D eigenvalue weighted by Gasteiger charge is -2.08. The normalized spacial score (nSPS) is 16.0. The maximum atomic E-state index is 12.7. The van der Waals surface area contributed by atoms with Gasteiger partial charge in [-0.3, -0.25) is 0 Å². The van der Waals surface area contributed by atoms with Crippen LogP contribution in [0.2, 0.25) is 5.02 Å². The minimum atomic E-state index is -3.87. The maximum absolute atomic E-state index is 12.7. The largest absolute Gasteiger partial charge is 0.511 e. The lowest BCUT2D eigenvalue weighted by atomic mass is 10.2. The Morgan fingerprint density at radius 1 is 1.17 bits per heavy atom. The minimum Gasteiger partial charge on any atom is -0.450 e. The summed E-state index contributed by atoms with van der Waals surface area (Å²) in [6, 6.07) is 8.71. The first-order valence-corrected chi connectivity index (χ1v) is 8.51. The van der Waals surface area contributed by atoms with Gasteiger partial charge in [0.1, 0.15) is 0 Å². The molecular formula is C15H11ClO7S. The molecule has 1 aliphatic rings. The van der Waals surface area contributed by atoms with Gasteiger partial charge in [0.15, 0.2) is 11.5 Å². The van der Waals surface area contributed by atoms with E-state index in [1.165, 1.54) is 24.3 Å². The number of rotatable bonds is 3. The number of aryl methyl sites for hydroxylation is 1. The van der Waals surface area contributed by atoms with Gasteiger partial charge in [0.2, 0.25) is 9.84 Å². The molecule has 0 aliphatic carbocycles. The summed E-state index contributed by atoms with van der Waals surface area (Å²) in [5.74, 6) is 0.116. The number of sulfone groups is 1. The summed E-state index contributed by atoms with van der Waals surface area (Å²) in [4.78, 5) is 10.4. The second kappa shape index (κ2) is 5.88. The number of hydrogen-bond acceptors (Lipinski definition) is 6. The van der Waals surface area contributed by atoms with Crippen LogP contribution in [-0.4, -0.2) is 26.2 Å². The summed E-state index contributed by atoms with van der Waals surface area (Å²) in [6.45, 7) is 0.331. The monoisotopic (exact) mass is 370 g/mol. The summed E-state index contributed by atoms with van der Waals surface area (Å²) in [5.41, 5.74) is 0.916. The first-order chi connectivity index (χ1) is 11.3. The van der Waals surface area contributed by atoms with E-state index >= 15 is 0 Å². The molecule has 0 aromatic heterocycles. The molecule has 1 atom stereocenters. The summed E-state index contributed by atoms with van der Waals surface area (Å²) in [6.07, 6.45) is -1.59. The molecule has 0 saturated heterocycles. The van der Waals surface area contributed by atoms with E-state index in [2.05, 4.69) is 4.74 Å². The molecule has 0 fully saturated rings. The Bertz CT molecular complexity index is 906. The van der Waals surface area contributed by atoms with Crippen LogP contribution in [0.5, 0.6) is 11.5 Å². The summed E-state index contributed by atoms with van der Waals surface area (Å²) in [7, 11) is -3.87. The topological polar surface area (TPSA) is 99.1 Å². The highest BCUT2D eigenvalue weighted by atomic mass is 35.5. The fraction of sp³-hybridized carbons (Fsp3) is 0.133. The van der Waals surface area contributed by atoms with Crippen molar-refractivity contribution in [1.82, 2.24) is 0 Å². The highest BCUT2D eigenvalue weighted by molar-refractivity contribution is 7.91. The third-order valence-corrected chi connectivity index (χ3v) is 5.50. The second-order valence-corrected chi connectivity index (χ2v) is 7.28. The van der Waals surface area contributed by atoms with Gasteiger partial charge >= 0.3 is 12.6 Å². The molecule has 7 nitrogen and oxygen atoms in total. The van der Waals surface area contributed by atoms with Gasteiger partial charge in [-0.15, -0.1) is 0 Å². The summed E-state index contributed by atoms with van der Waals surface area (Å²) < 4.78 is 40.0. The summed E-state index contributed by atoms with van der Waals surface area (Å²) in [5, 5.41) is 8.48. The van der Waals surface area contributed by atoms with Crippen LogP contribution >= 0.6 is 11.6 Å². The number of halogens is 1. The first-order valence-electron chi connectivity index (χ1n) is 6.65. The van der Waals surface area contributed by atoms with E-state index in [9.17, 15) is 13.2 Å². The minimum absolute atomic E-state index is 0.0244. The Morgan fingerprint density at radius 2 is 1.75 bits per heavy atom. The van der Waals surface area contributed by atoms with Crippen molar-refractivity contribution in [2.45, 2.75) is 23.2 Å². The van der Waals surface area contributed by atoms with E-state index in [1.54, 1.807) is 12.1 Å². The molecule has 1 N–H and O–H groups in total. The lowest BCUT2D eigenvalue weighted by molar-refractivity contribution is -0.147. The van der Waals surface area contributed by atoms with Gasteiger partial charge in [0, 0.05) is 12.1 Å². The van der Waals surface area contributed by atoms with Crippen molar-refractivity contribution in [1.29, 1.82) is 0 Å². The Balaban J connectivity index is 1.99. The van der Waals surface area contributed by atoms with Crippen LogP contribution in [0.1, 0.15) is 5.56 Å². The molecule has 0 bridgehead atoms. The molecule has 1 unspecified atom stereocenters. The Hall–Kier alpha value is -2.45. The number of carboxylic acid groups (broad SMARTS) is 1. The third-order valence-electron chi connectivity index (χ3n) is 3.26. The molecule has 2 aromatic carbocycles. The molecule has 2 aromatic rings. The van der Waals surface area contributed by atoms with Crippen LogP contribution in [-0.2, 0) is 14.6 Å². The smallest absolute Gasteiger partial charge is 0.450 e. The number of ether oxygens (including phenoxy) is 3. The van der Waals surface area contributed by atoms with Crippen LogP contribution in [0, 0.1) is 6.92 Å². The number of benzene rings is 2. The fourth-order valence-electron chi connectivity index (χ4n) is 2.11. The molecule has 0 amide bonds. The zero-order valence-corrected chi connectivity index (χ0v) is 13.8. The molecule has 1 heterocycles. The van der Waals surface area contributed by atoms with Gasteiger partial charge < -0.3 is 19.3 Å². The number of carbonyl (C=O) groups is 1. The van der Waals surface area contributed by atoms with Gasteiger partial charge in [-0.05, 0) is 19.1 Å². The van der Waals surface area contributed by atoms with Crippen molar-refractivity contribution in [2.75, 3.05) is 0 Å². The van der Waals surface area contributed by atoms with E-state index < -0.39 is 22.5 Å². The van der Waals surface area contributed by atoms with E-state index in [-0.39, 0.29) is 26.3 Å². The molecule has 0 spiro atoms. The fourth-order valence-corrected chi connectivity index (χ4v) is 3.90. The van der Waals surface area contributed by atoms with Crippen LogP contribution in [0.3, 0.4) is 0 Å². The van der Waals surface area contributed by atoms with Crippen molar-refractivity contribution >= 4 is 27.6 Å². The summed E-state index contributed by atoms with van der Waals surface area (Å²) >= 11 is 6.06. The third kappa shape index (κ3) is 2.98. The average molecular weight is 371 g/mol. The van der Waals surface area contributed by atoms with Crippen LogP contribution in [0.4, 0.5) is 4.79 Å². The quantitative estimate of drug-likeness (QED) is 0.828. The molecule has 1 aliphatic heterocycles. The van der Waals surface area contributed by atoms with Gasteiger partial charge in [-0.2, -0.15) is 0 Å². The van der Waals surface area contributed by atoms with Crippen LogP contribution in [0.25, 0.3) is 0 Å². The van der Waals surface area contributed by atoms with E-state index in [0.717, 1.165) is 5.56 Å². The Kier molecular flexibility index (Phi) is 4.02. The van der Waals surface area contributed by atoms with Gasteiger partial charge in [-0.1, -0.05) is 29.3 Å². The van der Waals surface area contributed by atoms with Gasteiger partial charge in [-0.25, -0.2) is 13.2 Å². The maximum Gasteiger partial charge on any atom is 0.511 e. The number of hydrogen-bond donors (Lipinski definition) is 1. The predicted molar refractivity (Wildman–Crippen MR) is 82.2 cm³/mol. The SMILES string of the molecule is Cc1ccc(S(=O)(=O)c2cc3c(cc2Cl)OC(OC(=O)O)O3)cc1. The van der Waals surface area contributed by atoms with Crippen molar-refractivity contribution < 1.29 is 32.5 Å². The highest BCUT2D eigenvalue weighted by Gasteiger charge is 2.31. The second-order valence-electron chi connectivity index (χ2n) is 4.95. The van der Waals surface area contributed by atoms with E-state index in [4.69, 9.17) is 26.2 Å². The molecule has 0 radical (unpaired) electrons. The predicted octanol–water partition coefficient (Wildman–Crippen LogP) is 3.23. The van der Waals surface area contributed by atoms with E-state index in [0.29, 0.717) is 0 Å². The van der Waals surface area contributed by atoms with Crippen LogP contribution in [0.15, 0.2) is 46.2 Å². The Morgan fingerprint density at radius 3 is 2.33 bits per heavy atom. The molecule has 24 heavy (non-hydrogen) atoms. The Labute approximate surface area is 142 Å². The van der Waals surface area contributed by atoms with Crippen molar-refractivity contribution in [2.24, 2.45) is 0 Å². The van der Waals surface area contributed by atoms with Gasteiger partial charge in [0.05, 0.1) is 14.8 Å². The lowest BCUT2D eigenvalue weighted by Crippen LogP contribution is -2.24. The molecule has 126 valence electrons. The molecule has 0 saturated carbocycles. The first kappa shape index (κ1) is 16.4. The number of fused-ring (bicyclic) bond motifs is 1. The van der Waals surface area contributed by atoms with E-state index in [1.807, 2.05) is 6.92 Å². The zero-order valence-electron chi connectivity index (χ0n) is 12.2. The van der Waals surface area contributed by atoms with Crippen LogP contribution < -0.4 is 9.47 Å². The molecule has 9 heteroatoms. The van der Waals surface area contributed by atoms with Crippen molar-refractivity contribution in [3.05, 3.63) is 47.0 Å². The molecule has 3 rings (SSSR count). The molecular weight excluding hydrogens is 360 g/mol. The van der Waals surface area contributed by atoms with Gasteiger partial charge in [0.25, 0.3) is 0 Å². The van der Waals surface area contributed by atoms with Crippen molar-refractivity contribution in [3.63, 3.8) is 0 Å². The zero-order chi connectivity index (χ0) is 17.5. The average Bonchev–Trinajstić information content (AvgIpc) is 2.86. The standard InChI is InChI=1S/C15H11ClO7S/c1-8-2-4-9(5-3-8)24(19,20)13-7-12-11(6-10(13)16)21-15(22-12)23-14(17)18/h2-7,15H,1H3,(H,17,18). The van der Waals surface area contributed by atoms with Crippen molar-refractivity contribution in [3.8, 4) is 11.5 Å².